The van der Waals surface area contributed by atoms with Crippen LogP contribution < -0.4 is 14.8 Å². The maximum absolute atomic E-state index is 11.8. The fourth-order valence-electron chi connectivity index (χ4n) is 1.94. The Morgan fingerprint density at radius 2 is 2.23 bits per heavy atom. The molecule has 1 atom stereocenters. The number of nitrogens with one attached hydrogen (secondary N) is 1. The van der Waals surface area contributed by atoms with Crippen LogP contribution in [0.2, 0.25) is 0 Å². The average molecular weight is 323 g/mol. The molecule has 6 heteroatoms. The van der Waals surface area contributed by atoms with Crippen LogP contribution in [0.5, 0.6) is 11.5 Å². The molecule has 0 saturated heterocycles. The molecule has 5 nitrogen and oxygen atoms in total. The monoisotopic (exact) mass is 323 g/mol. The first kappa shape index (κ1) is 16.7. The summed E-state index contributed by atoms with van der Waals surface area (Å²) >= 11 is 1.67. The molecule has 0 aliphatic carbocycles. The minimum Gasteiger partial charge on any atom is -0.454 e. The molecule has 1 aromatic carbocycles. The normalized spacial score (nSPS) is 15.8. The number of thioether (sulfide) groups is 1. The Kier molecular flexibility index (Phi) is 5.74. The number of aliphatic hydroxyl groups is 1. The summed E-state index contributed by atoms with van der Waals surface area (Å²) in [7, 11) is 0. The number of hydrogen-bond acceptors (Lipinski definition) is 5. The van der Waals surface area contributed by atoms with Crippen LogP contribution in [0.3, 0.4) is 0 Å². The second-order valence-electron chi connectivity index (χ2n) is 5.40. The lowest BCUT2D eigenvalue weighted by atomic mass is 10.0. The van der Waals surface area contributed by atoms with Crippen LogP contribution in [0.4, 0.5) is 0 Å². The van der Waals surface area contributed by atoms with Crippen LogP contribution in [-0.2, 0) is 4.79 Å². The summed E-state index contributed by atoms with van der Waals surface area (Å²) in [6, 6.07) is 5.49. The average Bonchev–Trinajstić information content (AvgIpc) is 2.96. The van der Waals surface area contributed by atoms with Gasteiger partial charge in [-0.3, -0.25) is 4.79 Å². The van der Waals surface area contributed by atoms with Gasteiger partial charge in [-0.1, -0.05) is 6.07 Å². The zero-order valence-electron chi connectivity index (χ0n) is 12.8. The largest absolute Gasteiger partial charge is 0.454 e. The Morgan fingerprint density at radius 1 is 1.45 bits per heavy atom. The van der Waals surface area contributed by atoms with E-state index >= 15 is 0 Å². The molecular formula is C16H21NO4S. The van der Waals surface area contributed by atoms with Crippen LogP contribution in [0, 0.1) is 0 Å². The van der Waals surface area contributed by atoms with E-state index in [0.29, 0.717) is 17.9 Å². The minimum atomic E-state index is -0.884. The van der Waals surface area contributed by atoms with Gasteiger partial charge in [0, 0.05) is 12.6 Å². The molecule has 0 saturated carbocycles. The van der Waals surface area contributed by atoms with Crippen molar-refractivity contribution in [1.29, 1.82) is 0 Å². The van der Waals surface area contributed by atoms with Crippen molar-refractivity contribution in [3.05, 3.63) is 29.8 Å². The van der Waals surface area contributed by atoms with Gasteiger partial charge in [0.15, 0.2) is 11.5 Å². The Hall–Kier alpha value is -1.66. The van der Waals surface area contributed by atoms with Crippen molar-refractivity contribution in [2.45, 2.75) is 18.9 Å². The Morgan fingerprint density at radius 3 is 3.00 bits per heavy atom. The summed E-state index contributed by atoms with van der Waals surface area (Å²) in [5.74, 6) is 2.02. The highest BCUT2D eigenvalue weighted by Gasteiger charge is 2.20. The lowest BCUT2D eigenvalue weighted by Crippen LogP contribution is -2.40. The number of hydrogen-bond donors (Lipinski definition) is 2. The molecule has 1 aliphatic heterocycles. The number of rotatable bonds is 7. The van der Waals surface area contributed by atoms with E-state index in [9.17, 15) is 9.90 Å². The third-order valence-corrected chi connectivity index (χ3v) is 3.92. The molecule has 0 spiro atoms. The third kappa shape index (κ3) is 4.96. The van der Waals surface area contributed by atoms with E-state index in [0.717, 1.165) is 11.3 Å². The number of fused-ring (bicyclic) bond motifs is 1. The second kappa shape index (κ2) is 7.56. The predicted octanol–water partition coefficient (Wildman–Crippen LogP) is 2.05. The highest BCUT2D eigenvalue weighted by atomic mass is 32.2. The molecule has 0 bridgehead atoms. The Balaban J connectivity index is 1.84. The molecule has 2 rings (SSSR count). The third-order valence-electron chi connectivity index (χ3n) is 3.31. The van der Waals surface area contributed by atoms with Crippen LogP contribution in [0.25, 0.3) is 6.08 Å². The van der Waals surface area contributed by atoms with Crippen molar-refractivity contribution in [3.8, 4) is 11.5 Å². The first-order valence-corrected chi connectivity index (χ1v) is 8.46. The highest BCUT2D eigenvalue weighted by Crippen LogP contribution is 2.32. The van der Waals surface area contributed by atoms with Crippen molar-refractivity contribution < 1.29 is 19.4 Å². The van der Waals surface area contributed by atoms with Gasteiger partial charge in [0.05, 0.1) is 5.60 Å². The molecule has 120 valence electrons. The Bertz CT molecular complexity index is 557. The van der Waals surface area contributed by atoms with Crippen molar-refractivity contribution in [2.75, 3.05) is 25.3 Å². The lowest BCUT2D eigenvalue weighted by Gasteiger charge is -2.22. The van der Waals surface area contributed by atoms with Crippen LogP contribution in [-0.4, -0.2) is 42.0 Å². The highest BCUT2D eigenvalue weighted by molar-refractivity contribution is 7.98. The van der Waals surface area contributed by atoms with Gasteiger partial charge < -0.3 is 19.9 Å². The fourth-order valence-corrected chi connectivity index (χ4v) is 2.58. The quantitative estimate of drug-likeness (QED) is 0.752. The lowest BCUT2D eigenvalue weighted by molar-refractivity contribution is -0.117. The second-order valence-corrected chi connectivity index (χ2v) is 6.39. The van der Waals surface area contributed by atoms with E-state index in [1.807, 2.05) is 24.5 Å². The molecule has 2 N–H and O–H groups in total. The number of carbonyl (C=O) groups excluding carboxylic acids is 1. The Labute approximate surface area is 134 Å². The molecular weight excluding hydrogens is 302 g/mol. The van der Waals surface area contributed by atoms with Crippen LogP contribution in [0.15, 0.2) is 24.3 Å². The van der Waals surface area contributed by atoms with Gasteiger partial charge >= 0.3 is 0 Å². The molecule has 1 heterocycles. The maximum Gasteiger partial charge on any atom is 0.244 e. The summed E-state index contributed by atoms with van der Waals surface area (Å²) in [6.45, 7) is 2.19. The standard InChI is InChI=1S/C16H21NO4S/c1-16(19,7-8-22-2)10-17-15(18)6-4-12-3-5-13-14(9-12)21-11-20-13/h3-6,9,19H,7-8,10-11H2,1-2H3,(H,17,18)/b6-4+/t16-/m1/s1. The van der Waals surface area contributed by atoms with Gasteiger partial charge in [-0.05, 0) is 49.1 Å². The fraction of sp³-hybridized carbons (Fsp3) is 0.438. The van der Waals surface area contributed by atoms with E-state index in [-0.39, 0.29) is 19.2 Å². The molecule has 0 unspecified atom stereocenters. The topological polar surface area (TPSA) is 67.8 Å². The summed E-state index contributed by atoms with van der Waals surface area (Å²) in [6.07, 6.45) is 5.78. The van der Waals surface area contributed by atoms with E-state index in [4.69, 9.17) is 9.47 Å². The molecule has 1 amide bonds. The van der Waals surface area contributed by atoms with Gasteiger partial charge in [-0.15, -0.1) is 0 Å². The molecule has 1 aromatic rings. The van der Waals surface area contributed by atoms with Gasteiger partial charge in [-0.2, -0.15) is 11.8 Å². The van der Waals surface area contributed by atoms with Gasteiger partial charge in [0.2, 0.25) is 12.7 Å². The molecule has 22 heavy (non-hydrogen) atoms. The van der Waals surface area contributed by atoms with E-state index in [1.54, 1.807) is 24.8 Å². The zero-order chi connectivity index (χ0) is 16.0. The molecule has 0 aromatic heterocycles. The van der Waals surface area contributed by atoms with E-state index in [2.05, 4.69) is 5.32 Å². The minimum absolute atomic E-state index is 0.230. The summed E-state index contributed by atoms with van der Waals surface area (Å²) < 4.78 is 10.5. The SMILES string of the molecule is CSCC[C@@](C)(O)CNC(=O)/C=C/c1ccc2c(c1)OCO2. The van der Waals surface area contributed by atoms with Crippen molar-refractivity contribution in [3.63, 3.8) is 0 Å². The number of amides is 1. The molecule has 0 radical (unpaired) electrons. The maximum atomic E-state index is 11.8. The number of carbonyl (C=O) groups is 1. The zero-order valence-corrected chi connectivity index (χ0v) is 13.6. The predicted molar refractivity (Wildman–Crippen MR) is 88.2 cm³/mol. The first-order valence-electron chi connectivity index (χ1n) is 7.07. The molecule has 1 aliphatic rings. The summed E-state index contributed by atoms with van der Waals surface area (Å²) in [4.78, 5) is 11.8. The smallest absolute Gasteiger partial charge is 0.244 e. The van der Waals surface area contributed by atoms with Gasteiger partial charge in [-0.25, -0.2) is 0 Å². The molecule has 0 fully saturated rings. The summed E-state index contributed by atoms with van der Waals surface area (Å²) in [5, 5.41) is 12.8. The number of benzene rings is 1. The van der Waals surface area contributed by atoms with Crippen molar-refractivity contribution in [2.24, 2.45) is 0 Å². The summed E-state index contributed by atoms with van der Waals surface area (Å²) in [5.41, 5.74) is -0.0285. The van der Waals surface area contributed by atoms with Crippen molar-refractivity contribution in [1.82, 2.24) is 5.32 Å². The first-order chi connectivity index (χ1) is 10.5. The van der Waals surface area contributed by atoms with Gasteiger partial charge in [0.25, 0.3) is 0 Å². The van der Waals surface area contributed by atoms with Crippen LogP contribution in [0.1, 0.15) is 18.9 Å². The van der Waals surface area contributed by atoms with E-state index in [1.165, 1.54) is 6.08 Å². The van der Waals surface area contributed by atoms with E-state index < -0.39 is 5.60 Å². The van der Waals surface area contributed by atoms with Gasteiger partial charge in [0.1, 0.15) is 0 Å². The van der Waals surface area contributed by atoms with Crippen LogP contribution >= 0.6 is 11.8 Å². The van der Waals surface area contributed by atoms with Crippen molar-refractivity contribution >= 4 is 23.7 Å². The number of ether oxygens (including phenoxy) is 2.